The molecule has 196 valence electrons. The third-order valence-electron chi connectivity index (χ3n) is 7.18. The highest BCUT2D eigenvalue weighted by Gasteiger charge is 2.41. The molecule has 2 aliphatic rings. The number of carbonyl (C=O) groups is 2. The zero-order valence-corrected chi connectivity index (χ0v) is 22.7. The predicted octanol–water partition coefficient (Wildman–Crippen LogP) is 4.55. The van der Waals surface area contributed by atoms with E-state index in [0.717, 1.165) is 45.2 Å². The average Bonchev–Trinajstić information content (AvgIpc) is 3.30. The van der Waals surface area contributed by atoms with Crippen molar-refractivity contribution in [2.45, 2.75) is 82.7 Å². The molecule has 0 saturated carbocycles. The summed E-state index contributed by atoms with van der Waals surface area (Å²) in [6.07, 6.45) is 8.97. The summed E-state index contributed by atoms with van der Waals surface area (Å²) in [6, 6.07) is 5.38. The number of unbranched alkanes of at least 4 members (excludes halogenated alkanes) is 2. The van der Waals surface area contributed by atoms with Crippen molar-refractivity contribution < 1.29 is 19.1 Å². The van der Waals surface area contributed by atoms with Crippen molar-refractivity contribution in [2.24, 2.45) is 0 Å². The number of rotatable bonds is 12. The van der Waals surface area contributed by atoms with Gasteiger partial charge < -0.3 is 24.6 Å². The van der Waals surface area contributed by atoms with Gasteiger partial charge in [-0.05, 0) is 57.4 Å². The summed E-state index contributed by atoms with van der Waals surface area (Å²) in [5.41, 5.74) is 0.516. The summed E-state index contributed by atoms with van der Waals surface area (Å²) in [6.45, 7) is 7.28. The lowest BCUT2D eigenvalue weighted by molar-refractivity contribution is -0.124. The second-order valence-corrected chi connectivity index (χ2v) is 10.8. The van der Waals surface area contributed by atoms with Gasteiger partial charge in [0, 0.05) is 30.4 Å². The number of nitrogens with zero attached hydrogens (tertiary/aromatic N) is 2. The Morgan fingerprint density at radius 1 is 1.11 bits per heavy atom. The minimum atomic E-state index is -0.457. The number of hydrogen-bond donors (Lipinski definition) is 1. The highest BCUT2D eigenvalue weighted by Crippen LogP contribution is 2.35. The van der Waals surface area contributed by atoms with Gasteiger partial charge in [-0.2, -0.15) is 0 Å². The third-order valence-corrected chi connectivity index (χ3v) is 8.53. The molecule has 2 aliphatic heterocycles. The maximum Gasteiger partial charge on any atom is 0.255 e. The van der Waals surface area contributed by atoms with E-state index in [0.29, 0.717) is 35.4 Å². The Morgan fingerprint density at radius 3 is 2.63 bits per heavy atom. The number of nitrogens with one attached hydrogen (secondary N) is 1. The fourth-order valence-electron chi connectivity index (χ4n) is 5.05. The van der Waals surface area contributed by atoms with E-state index in [1.807, 2.05) is 4.90 Å². The lowest BCUT2D eigenvalue weighted by Gasteiger charge is -2.33. The molecule has 3 atom stereocenters. The molecule has 2 amide bonds. The van der Waals surface area contributed by atoms with Gasteiger partial charge in [-0.3, -0.25) is 9.59 Å². The van der Waals surface area contributed by atoms with Gasteiger partial charge in [-0.1, -0.05) is 32.6 Å². The normalized spacial score (nSPS) is 22.7. The SMILES string of the molecule is CCCCCC1SCC(C(=O)NCCCN2CCCCC2C)N1C(=O)c1ccc(OC)c(OC)c1. The molecule has 0 spiro atoms. The van der Waals surface area contributed by atoms with Crippen molar-refractivity contribution in [3.8, 4) is 11.5 Å². The Bertz CT molecular complexity index is 837. The molecule has 0 bridgehead atoms. The predicted molar refractivity (Wildman–Crippen MR) is 142 cm³/mol. The molecule has 2 saturated heterocycles. The number of hydrogen-bond acceptors (Lipinski definition) is 6. The fraction of sp³-hybridized carbons (Fsp3) is 0.704. The van der Waals surface area contributed by atoms with Gasteiger partial charge in [-0.25, -0.2) is 0 Å². The van der Waals surface area contributed by atoms with Crippen LogP contribution < -0.4 is 14.8 Å². The molecule has 35 heavy (non-hydrogen) atoms. The van der Waals surface area contributed by atoms with Crippen LogP contribution in [0.5, 0.6) is 11.5 Å². The van der Waals surface area contributed by atoms with E-state index in [1.54, 1.807) is 44.2 Å². The Hall–Kier alpha value is -1.93. The van der Waals surface area contributed by atoms with Crippen LogP contribution in [0, 0.1) is 0 Å². The van der Waals surface area contributed by atoms with Crippen LogP contribution >= 0.6 is 11.8 Å². The molecule has 8 heteroatoms. The minimum absolute atomic E-state index is 0.00657. The standard InChI is InChI=1S/C27H43N3O4S/c1-5-6-7-12-25-30(27(32)21-13-14-23(33-3)24(18-21)34-4)22(19-35-25)26(31)28-15-10-17-29-16-9-8-11-20(29)2/h13-14,18,20,22,25H,5-12,15-17,19H2,1-4H3,(H,28,31). The first-order valence-electron chi connectivity index (χ1n) is 13.2. The summed E-state index contributed by atoms with van der Waals surface area (Å²) in [5, 5.41) is 3.13. The van der Waals surface area contributed by atoms with Crippen molar-refractivity contribution in [1.82, 2.24) is 15.1 Å². The number of thioether (sulfide) groups is 1. The van der Waals surface area contributed by atoms with Crippen LogP contribution in [0.1, 0.15) is 75.6 Å². The number of amides is 2. The second kappa shape index (κ2) is 14.0. The molecule has 0 aromatic heterocycles. The number of carbonyl (C=O) groups excluding carboxylic acids is 2. The van der Waals surface area contributed by atoms with Crippen LogP contribution in [-0.2, 0) is 4.79 Å². The van der Waals surface area contributed by atoms with Crippen molar-refractivity contribution in [3.63, 3.8) is 0 Å². The number of ether oxygens (including phenoxy) is 2. The van der Waals surface area contributed by atoms with Crippen molar-refractivity contribution in [1.29, 1.82) is 0 Å². The Labute approximate surface area is 215 Å². The van der Waals surface area contributed by atoms with Crippen LogP contribution in [0.15, 0.2) is 18.2 Å². The summed E-state index contributed by atoms with van der Waals surface area (Å²) in [5.74, 6) is 1.55. The van der Waals surface area contributed by atoms with E-state index in [4.69, 9.17) is 9.47 Å². The van der Waals surface area contributed by atoms with Gasteiger partial charge in [0.2, 0.25) is 5.91 Å². The molecule has 2 fully saturated rings. The fourth-order valence-corrected chi connectivity index (χ4v) is 6.50. The quantitative estimate of drug-likeness (QED) is 0.420. The molecule has 2 heterocycles. The topological polar surface area (TPSA) is 71.1 Å². The first-order valence-corrected chi connectivity index (χ1v) is 14.2. The van der Waals surface area contributed by atoms with E-state index in [2.05, 4.69) is 24.1 Å². The third kappa shape index (κ3) is 7.29. The summed E-state index contributed by atoms with van der Waals surface area (Å²) >= 11 is 1.72. The summed E-state index contributed by atoms with van der Waals surface area (Å²) < 4.78 is 10.7. The second-order valence-electron chi connectivity index (χ2n) is 9.61. The molecular formula is C27H43N3O4S. The lowest BCUT2D eigenvalue weighted by atomic mass is 10.0. The smallest absolute Gasteiger partial charge is 0.255 e. The molecule has 0 aliphatic carbocycles. The van der Waals surface area contributed by atoms with Gasteiger partial charge in [0.05, 0.1) is 19.6 Å². The minimum Gasteiger partial charge on any atom is -0.493 e. The van der Waals surface area contributed by atoms with E-state index in [1.165, 1.54) is 19.3 Å². The Kier molecular flexibility index (Phi) is 11.0. The monoisotopic (exact) mass is 505 g/mol. The molecule has 3 unspecified atom stereocenters. The largest absolute Gasteiger partial charge is 0.493 e. The molecular weight excluding hydrogens is 462 g/mol. The van der Waals surface area contributed by atoms with Crippen molar-refractivity contribution in [2.75, 3.05) is 39.6 Å². The maximum absolute atomic E-state index is 13.7. The highest BCUT2D eigenvalue weighted by atomic mass is 32.2. The van der Waals surface area contributed by atoms with Crippen LogP contribution in [0.3, 0.4) is 0 Å². The summed E-state index contributed by atoms with van der Waals surface area (Å²) in [4.78, 5) is 31.2. The molecule has 3 rings (SSSR count). The number of benzene rings is 1. The van der Waals surface area contributed by atoms with Crippen molar-refractivity contribution >= 4 is 23.6 Å². The first kappa shape index (κ1) is 27.7. The Morgan fingerprint density at radius 2 is 1.91 bits per heavy atom. The maximum atomic E-state index is 13.7. The van der Waals surface area contributed by atoms with E-state index in [9.17, 15) is 9.59 Å². The van der Waals surface area contributed by atoms with Crippen LogP contribution in [0.25, 0.3) is 0 Å². The summed E-state index contributed by atoms with van der Waals surface area (Å²) in [7, 11) is 3.14. The van der Waals surface area contributed by atoms with Gasteiger partial charge >= 0.3 is 0 Å². The zero-order chi connectivity index (χ0) is 25.2. The van der Waals surface area contributed by atoms with Crippen LogP contribution in [-0.4, -0.2) is 78.7 Å². The van der Waals surface area contributed by atoms with Gasteiger partial charge in [-0.15, -0.1) is 11.8 Å². The number of methoxy groups -OCH3 is 2. The first-order chi connectivity index (χ1) is 17.0. The molecule has 7 nitrogen and oxygen atoms in total. The lowest BCUT2D eigenvalue weighted by Crippen LogP contribution is -2.50. The number of likely N-dealkylation sites (tertiary alicyclic amines) is 1. The van der Waals surface area contributed by atoms with Crippen LogP contribution in [0.4, 0.5) is 0 Å². The molecule has 1 aromatic carbocycles. The van der Waals surface area contributed by atoms with E-state index < -0.39 is 6.04 Å². The van der Waals surface area contributed by atoms with Crippen LogP contribution in [0.2, 0.25) is 0 Å². The van der Waals surface area contributed by atoms with E-state index >= 15 is 0 Å². The Balaban J connectivity index is 1.65. The zero-order valence-electron chi connectivity index (χ0n) is 21.9. The highest BCUT2D eigenvalue weighted by molar-refractivity contribution is 8.00. The van der Waals surface area contributed by atoms with Gasteiger partial charge in [0.1, 0.15) is 6.04 Å². The average molecular weight is 506 g/mol. The molecule has 1 aromatic rings. The van der Waals surface area contributed by atoms with E-state index in [-0.39, 0.29) is 17.2 Å². The molecule has 1 N–H and O–H groups in total. The van der Waals surface area contributed by atoms with Crippen molar-refractivity contribution in [3.05, 3.63) is 23.8 Å². The van der Waals surface area contributed by atoms with Gasteiger partial charge in [0.15, 0.2) is 11.5 Å². The molecule has 0 radical (unpaired) electrons. The van der Waals surface area contributed by atoms with Gasteiger partial charge in [0.25, 0.3) is 5.91 Å². The number of piperidine rings is 1.